The zero-order chi connectivity index (χ0) is 18.1. The predicted molar refractivity (Wildman–Crippen MR) is 96.7 cm³/mol. The summed E-state index contributed by atoms with van der Waals surface area (Å²) >= 11 is 0. The number of para-hydroxylation sites is 2. The Bertz CT molecular complexity index is 928. The van der Waals surface area contributed by atoms with Crippen molar-refractivity contribution in [3.8, 4) is 5.75 Å². The SMILES string of the molecule is Cn1c(C(=O)N2CCC(Oc3ccc(F)cc3)CC2)nc2ccccc21. The van der Waals surface area contributed by atoms with Gasteiger partial charge in [0.2, 0.25) is 0 Å². The molecule has 0 radical (unpaired) electrons. The summed E-state index contributed by atoms with van der Waals surface area (Å²) in [5.41, 5.74) is 1.78. The van der Waals surface area contributed by atoms with E-state index in [0.717, 1.165) is 23.9 Å². The highest BCUT2D eigenvalue weighted by atomic mass is 19.1. The van der Waals surface area contributed by atoms with Gasteiger partial charge < -0.3 is 14.2 Å². The average molecular weight is 353 g/mol. The van der Waals surface area contributed by atoms with Crippen LogP contribution in [0.2, 0.25) is 0 Å². The molecule has 26 heavy (non-hydrogen) atoms. The molecule has 2 heterocycles. The monoisotopic (exact) mass is 353 g/mol. The Kier molecular flexibility index (Phi) is 4.32. The first-order valence-corrected chi connectivity index (χ1v) is 8.75. The number of benzene rings is 2. The van der Waals surface area contributed by atoms with E-state index in [4.69, 9.17) is 4.74 Å². The molecule has 0 spiro atoms. The number of carbonyl (C=O) groups is 1. The van der Waals surface area contributed by atoms with Gasteiger partial charge in [-0.05, 0) is 36.4 Å². The molecule has 0 N–H and O–H groups in total. The second-order valence-corrected chi connectivity index (χ2v) is 6.55. The van der Waals surface area contributed by atoms with Crippen molar-refractivity contribution >= 4 is 16.9 Å². The molecule has 1 fully saturated rings. The maximum atomic E-state index is 13.0. The molecule has 2 aromatic carbocycles. The molecule has 0 saturated carbocycles. The number of ether oxygens (including phenoxy) is 1. The summed E-state index contributed by atoms with van der Waals surface area (Å²) in [6, 6.07) is 13.8. The van der Waals surface area contributed by atoms with Gasteiger partial charge in [-0.3, -0.25) is 4.79 Å². The Morgan fingerprint density at radius 1 is 1.12 bits per heavy atom. The summed E-state index contributed by atoms with van der Waals surface area (Å²) in [4.78, 5) is 19.2. The van der Waals surface area contributed by atoms with Gasteiger partial charge in [-0.25, -0.2) is 9.37 Å². The van der Waals surface area contributed by atoms with Gasteiger partial charge in [0.1, 0.15) is 17.7 Å². The van der Waals surface area contributed by atoms with Gasteiger partial charge in [-0.2, -0.15) is 0 Å². The number of imidazole rings is 1. The van der Waals surface area contributed by atoms with Crippen molar-refractivity contribution in [2.24, 2.45) is 7.05 Å². The van der Waals surface area contributed by atoms with Gasteiger partial charge in [0.05, 0.1) is 11.0 Å². The van der Waals surface area contributed by atoms with Crippen molar-refractivity contribution in [2.75, 3.05) is 13.1 Å². The van der Waals surface area contributed by atoms with Crippen molar-refractivity contribution in [3.63, 3.8) is 0 Å². The quantitative estimate of drug-likeness (QED) is 0.725. The summed E-state index contributed by atoms with van der Waals surface area (Å²) in [7, 11) is 1.87. The molecule has 1 amide bonds. The number of aromatic nitrogens is 2. The number of amides is 1. The maximum absolute atomic E-state index is 13.0. The van der Waals surface area contributed by atoms with E-state index in [-0.39, 0.29) is 17.8 Å². The van der Waals surface area contributed by atoms with Crippen molar-refractivity contribution in [2.45, 2.75) is 18.9 Å². The second-order valence-electron chi connectivity index (χ2n) is 6.55. The Hall–Kier alpha value is -2.89. The molecule has 0 bridgehead atoms. The van der Waals surface area contributed by atoms with Crippen molar-refractivity contribution < 1.29 is 13.9 Å². The van der Waals surface area contributed by atoms with Crippen LogP contribution < -0.4 is 4.74 Å². The van der Waals surface area contributed by atoms with Gasteiger partial charge in [0.25, 0.3) is 5.91 Å². The van der Waals surface area contributed by atoms with Crippen LogP contribution in [0.4, 0.5) is 4.39 Å². The number of hydrogen-bond acceptors (Lipinski definition) is 3. The molecule has 1 aliphatic heterocycles. The number of carbonyl (C=O) groups excluding carboxylic acids is 1. The van der Waals surface area contributed by atoms with E-state index >= 15 is 0 Å². The zero-order valence-corrected chi connectivity index (χ0v) is 14.6. The van der Waals surface area contributed by atoms with Gasteiger partial charge in [-0.15, -0.1) is 0 Å². The van der Waals surface area contributed by atoms with Crippen LogP contribution in [-0.4, -0.2) is 39.6 Å². The van der Waals surface area contributed by atoms with E-state index in [0.29, 0.717) is 24.7 Å². The van der Waals surface area contributed by atoms with E-state index in [1.165, 1.54) is 12.1 Å². The van der Waals surface area contributed by atoms with Gasteiger partial charge in [-0.1, -0.05) is 12.1 Å². The normalized spacial score (nSPS) is 15.4. The summed E-state index contributed by atoms with van der Waals surface area (Å²) in [5.74, 6) is 0.791. The van der Waals surface area contributed by atoms with Crippen LogP contribution in [0.1, 0.15) is 23.5 Å². The third-order valence-electron chi connectivity index (χ3n) is 4.82. The molecule has 5 nitrogen and oxygen atoms in total. The van der Waals surface area contributed by atoms with Crippen molar-refractivity contribution in [1.29, 1.82) is 0 Å². The maximum Gasteiger partial charge on any atom is 0.289 e. The van der Waals surface area contributed by atoms with E-state index in [1.807, 2.05) is 40.8 Å². The zero-order valence-electron chi connectivity index (χ0n) is 14.6. The Labute approximate surface area is 151 Å². The van der Waals surface area contributed by atoms with Gasteiger partial charge in [0, 0.05) is 33.0 Å². The highest BCUT2D eigenvalue weighted by molar-refractivity contribution is 5.94. The fourth-order valence-electron chi connectivity index (χ4n) is 3.36. The van der Waals surface area contributed by atoms with Crippen molar-refractivity contribution in [1.82, 2.24) is 14.5 Å². The molecule has 0 atom stereocenters. The summed E-state index contributed by atoms with van der Waals surface area (Å²) in [6.45, 7) is 1.24. The standard InChI is InChI=1S/C20H20FN3O2/c1-23-18-5-3-2-4-17(18)22-19(23)20(25)24-12-10-16(11-13-24)26-15-8-6-14(21)7-9-15/h2-9,16H,10-13H2,1H3. The largest absolute Gasteiger partial charge is 0.490 e. The number of halogens is 1. The molecule has 6 heteroatoms. The smallest absolute Gasteiger partial charge is 0.289 e. The molecule has 0 unspecified atom stereocenters. The lowest BCUT2D eigenvalue weighted by Gasteiger charge is -2.32. The van der Waals surface area contributed by atoms with E-state index in [1.54, 1.807) is 12.1 Å². The molecule has 1 aromatic heterocycles. The molecule has 0 aliphatic carbocycles. The fraction of sp³-hybridized carbons (Fsp3) is 0.300. The average Bonchev–Trinajstić information content (AvgIpc) is 3.01. The highest BCUT2D eigenvalue weighted by Crippen LogP contribution is 2.21. The minimum Gasteiger partial charge on any atom is -0.490 e. The molecule has 3 aromatic rings. The van der Waals surface area contributed by atoms with Gasteiger partial charge >= 0.3 is 0 Å². The van der Waals surface area contributed by atoms with Crippen LogP contribution in [0.5, 0.6) is 5.75 Å². The van der Waals surface area contributed by atoms with Crippen LogP contribution in [-0.2, 0) is 7.05 Å². The number of piperidine rings is 1. The molecular weight excluding hydrogens is 333 g/mol. The Balaban J connectivity index is 1.41. The first-order valence-electron chi connectivity index (χ1n) is 8.75. The minimum atomic E-state index is -0.278. The van der Waals surface area contributed by atoms with Crippen LogP contribution in [0.15, 0.2) is 48.5 Å². The summed E-state index contributed by atoms with van der Waals surface area (Å²) in [6.07, 6.45) is 1.52. The lowest BCUT2D eigenvalue weighted by Crippen LogP contribution is -2.42. The molecular formula is C20H20FN3O2. The molecule has 4 rings (SSSR count). The van der Waals surface area contributed by atoms with Crippen LogP contribution >= 0.6 is 0 Å². The number of aryl methyl sites for hydroxylation is 1. The van der Waals surface area contributed by atoms with Crippen LogP contribution in [0.25, 0.3) is 11.0 Å². The minimum absolute atomic E-state index is 0.0324. The number of nitrogens with zero attached hydrogens (tertiary/aromatic N) is 3. The number of rotatable bonds is 3. The lowest BCUT2D eigenvalue weighted by atomic mass is 10.1. The molecule has 1 saturated heterocycles. The van der Waals surface area contributed by atoms with E-state index < -0.39 is 0 Å². The summed E-state index contributed by atoms with van der Waals surface area (Å²) < 4.78 is 20.7. The topological polar surface area (TPSA) is 47.4 Å². The number of hydrogen-bond donors (Lipinski definition) is 0. The van der Waals surface area contributed by atoms with Crippen LogP contribution in [0, 0.1) is 5.82 Å². The third kappa shape index (κ3) is 3.14. The first kappa shape index (κ1) is 16.6. The molecule has 1 aliphatic rings. The fourth-order valence-corrected chi connectivity index (χ4v) is 3.36. The first-order chi connectivity index (χ1) is 12.6. The second kappa shape index (κ2) is 6.78. The predicted octanol–water partition coefficient (Wildman–Crippen LogP) is 3.40. The summed E-state index contributed by atoms with van der Waals surface area (Å²) in [5, 5.41) is 0. The van der Waals surface area contributed by atoms with Crippen molar-refractivity contribution in [3.05, 3.63) is 60.2 Å². The van der Waals surface area contributed by atoms with Gasteiger partial charge in [0.15, 0.2) is 5.82 Å². The number of likely N-dealkylation sites (tertiary alicyclic amines) is 1. The number of fused-ring (bicyclic) bond motifs is 1. The van der Waals surface area contributed by atoms with E-state index in [2.05, 4.69) is 4.98 Å². The Morgan fingerprint density at radius 3 is 2.50 bits per heavy atom. The molecule has 134 valence electrons. The van der Waals surface area contributed by atoms with E-state index in [9.17, 15) is 9.18 Å². The van der Waals surface area contributed by atoms with Crippen LogP contribution in [0.3, 0.4) is 0 Å². The lowest BCUT2D eigenvalue weighted by molar-refractivity contribution is 0.0581. The Morgan fingerprint density at radius 2 is 1.81 bits per heavy atom. The highest BCUT2D eigenvalue weighted by Gasteiger charge is 2.27. The third-order valence-corrected chi connectivity index (χ3v) is 4.82.